The van der Waals surface area contributed by atoms with Crippen LogP contribution in [0.15, 0.2) is 53.0 Å². The summed E-state index contributed by atoms with van der Waals surface area (Å²) < 4.78 is 3.32. The van der Waals surface area contributed by atoms with Crippen LogP contribution in [0.4, 0.5) is 0 Å². The summed E-state index contributed by atoms with van der Waals surface area (Å²) in [4.78, 5) is 12.5. The highest BCUT2D eigenvalue weighted by atomic mass is 79.9. The highest BCUT2D eigenvalue weighted by Crippen LogP contribution is 2.32. The summed E-state index contributed by atoms with van der Waals surface area (Å²) in [5, 5.41) is 4.36. The highest BCUT2D eigenvalue weighted by molar-refractivity contribution is 9.10. The first-order valence-corrected chi connectivity index (χ1v) is 10.0. The molecule has 2 heterocycles. The van der Waals surface area contributed by atoms with Gasteiger partial charge in [-0.15, -0.1) is 0 Å². The van der Waals surface area contributed by atoms with Crippen molar-refractivity contribution in [1.82, 2.24) is 20.7 Å². The Bertz CT molecular complexity index is 980. The molecule has 1 saturated heterocycles. The van der Waals surface area contributed by atoms with Crippen LogP contribution >= 0.6 is 15.9 Å². The lowest BCUT2D eigenvalue weighted by Gasteiger charge is -2.15. The molecule has 27 heavy (non-hydrogen) atoms. The van der Waals surface area contributed by atoms with Crippen molar-refractivity contribution >= 4 is 32.7 Å². The third-order valence-corrected chi connectivity index (χ3v) is 5.76. The third kappa shape index (κ3) is 3.40. The summed E-state index contributed by atoms with van der Waals surface area (Å²) in [5.41, 5.74) is 11.1. The molecule has 2 atom stereocenters. The lowest BCUT2D eigenvalue weighted by molar-refractivity contribution is 0.0932. The number of halogens is 1. The molecule has 2 aromatic carbocycles. The molecule has 0 bridgehead atoms. The largest absolute Gasteiger partial charge is 0.343 e. The van der Waals surface area contributed by atoms with Gasteiger partial charge in [-0.25, -0.2) is 10.9 Å². The van der Waals surface area contributed by atoms with E-state index in [4.69, 9.17) is 0 Å². The molecular weight excluding hydrogens is 404 g/mol. The van der Waals surface area contributed by atoms with Crippen LogP contribution in [0.1, 0.15) is 41.0 Å². The molecule has 5 nitrogen and oxygen atoms in total. The molecule has 6 heteroatoms. The van der Waals surface area contributed by atoms with Crippen molar-refractivity contribution in [3.05, 3.63) is 69.8 Å². The van der Waals surface area contributed by atoms with Crippen molar-refractivity contribution in [1.29, 1.82) is 0 Å². The van der Waals surface area contributed by atoms with E-state index < -0.39 is 0 Å². The fourth-order valence-corrected chi connectivity index (χ4v) is 4.22. The average molecular weight is 427 g/mol. The van der Waals surface area contributed by atoms with Gasteiger partial charge in [0.1, 0.15) is 0 Å². The maximum Gasteiger partial charge on any atom is 0.252 e. The number of aryl methyl sites for hydroxylation is 2. The van der Waals surface area contributed by atoms with Crippen molar-refractivity contribution in [3.63, 3.8) is 0 Å². The van der Waals surface area contributed by atoms with Crippen molar-refractivity contribution in [2.75, 3.05) is 0 Å². The number of fused-ring (bicyclic) bond motifs is 1. The van der Waals surface area contributed by atoms with E-state index in [1.807, 2.05) is 24.3 Å². The minimum absolute atomic E-state index is 0.0739. The normalized spacial score (nSPS) is 19.5. The molecule has 4 rings (SSSR count). The smallest absolute Gasteiger partial charge is 0.252 e. The van der Waals surface area contributed by atoms with E-state index in [9.17, 15) is 4.79 Å². The van der Waals surface area contributed by atoms with Crippen LogP contribution in [0.3, 0.4) is 0 Å². The van der Waals surface area contributed by atoms with E-state index in [0.29, 0.717) is 5.56 Å². The van der Waals surface area contributed by atoms with Gasteiger partial charge in [-0.05, 0) is 49.7 Å². The van der Waals surface area contributed by atoms with Crippen molar-refractivity contribution in [2.45, 2.75) is 39.0 Å². The zero-order chi connectivity index (χ0) is 19.0. The molecule has 3 N–H and O–H groups in total. The van der Waals surface area contributed by atoms with Crippen LogP contribution in [0, 0.1) is 6.92 Å². The highest BCUT2D eigenvalue weighted by Gasteiger charge is 2.30. The van der Waals surface area contributed by atoms with Crippen LogP contribution in [0.2, 0.25) is 0 Å². The first-order valence-electron chi connectivity index (χ1n) is 9.23. The van der Waals surface area contributed by atoms with Gasteiger partial charge in [0.25, 0.3) is 5.91 Å². The molecule has 140 valence electrons. The van der Waals surface area contributed by atoms with Crippen LogP contribution in [0.25, 0.3) is 10.9 Å². The van der Waals surface area contributed by atoms with Gasteiger partial charge in [0, 0.05) is 39.6 Å². The molecule has 1 aliphatic rings. The van der Waals surface area contributed by atoms with Gasteiger partial charge >= 0.3 is 0 Å². The Morgan fingerprint density at radius 1 is 1.19 bits per heavy atom. The number of nitrogens with zero attached hydrogens (tertiary/aromatic N) is 1. The quantitative estimate of drug-likeness (QED) is 0.590. The first-order chi connectivity index (χ1) is 13.1. The van der Waals surface area contributed by atoms with Crippen molar-refractivity contribution < 1.29 is 4.79 Å². The minimum Gasteiger partial charge on any atom is -0.343 e. The van der Waals surface area contributed by atoms with Gasteiger partial charge < -0.3 is 9.88 Å². The zero-order valence-electron chi connectivity index (χ0n) is 15.4. The summed E-state index contributed by atoms with van der Waals surface area (Å²) >= 11 is 3.39. The third-order valence-electron chi connectivity index (χ3n) is 5.24. The molecule has 1 fully saturated rings. The molecule has 2 unspecified atom stereocenters. The van der Waals surface area contributed by atoms with Crippen LogP contribution in [-0.2, 0) is 6.54 Å². The van der Waals surface area contributed by atoms with E-state index in [2.05, 4.69) is 74.8 Å². The SMILES string of the molecule is CCn1c(C2CC(NC(=O)c3ccc(Br)cc3)NN2)c(C)c2ccccc21. The number of hydrogen-bond donors (Lipinski definition) is 3. The van der Waals surface area contributed by atoms with Crippen molar-refractivity contribution in [2.24, 2.45) is 0 Å². The number of nitrogens with one attached hydrogen (secondary N) is 3. The molecule has 0 aliphatic carbocycles. The van der Waals surface area contributed by atoms with E-state index in [-0.39, 0.29) is 18.1 Å². The fraction of sp³-hybridized carbons (Fsp3) is 0.286. The Labute approximate surface area is 167 Å². The molecule has 3 aromatic rings. The van der Waals surface area contributed by atoms with Crippen molar-refractivity contribution in [3.8, 4) is 0 Å². The van der Waals surface area contributed by atoms with E-state index in [1.165, 1.54) is 22.2 Å². The molecule has 1 amide bonds. The Morgan fingerprint density at radius 2 is 1.93 bits per heavy atom. The second-order valence-corrected chi connectivity index (χ2v) is 7.80. The molecule has 0 saturated carbocycles. The monoisotopic (exact) mass is 426 g/mol. The van der Waals surface area contributed by atoms with Gasteiger partial charge in [0.2, 0.25) is 0 Å². The lowest BCUT2D eigenvalue weighted by atomic mass is 10.1. The van der Waals surface area contributed by atoms with Gasteiger partial charge in [0.05, 0.1) is 12.2 Å². The molecule has 1 aliphatic heterocycles. The predicted octanol–water partition coefficient (Wildman–Crippen LogP) is 4.03. The van der Waals surface area contributed by atoms with Crippen LogP contribution in [0.5, 0.6) is 0 Å². The molecule has 0 spiro atoms. The van der Waals surface area contributed by atoms with Gasteiger partial charge in [-0.1, -0.05) is 34.1 Å². The van der Waals surface area contributed by atoms with E-state index >= 15 is 0 Å². The van der Waals surface area contributed by atoms with Gasteiger partial charge in [-0.3, -0.25) is 4.79 Å². The first kappa shape index (κ1) is 18.2. The average Bonchev–Trinajstić information content (AvgIpc) is 3.24. The number of rotatable bonds is 4. The number of amides is 1. The topological polar surface area (TPSA) is 58.1 Å². The Balaban J connectivity index is 1.53. The second-order valence-electron chi connectivity index (χ2n) is 6.88. The maximum atomic E-state index is 12.5. The van der Waals surface area contributed by atoms with Crippen LogP contribution in [-0.4, -0.2) is 16.6 Å². The number of carbonyl (C=O) groups is 1. The summed E-state index contributed by atoms with van der Waals surface area (Å²) in [7, 11) is 0. The second kappa shape index (κ2) is 7.46. The molecule has 1 aromatic heterocycles. The van der Waals surface area contributed by atoms with Gasteiger partial charge in [-0.2, -0.15) is 0 Å². The van der Waals surface area contributed by atoms with E-state index in [0.717, 1.165) is 17.4 Å². The summed E-state index contributed by atoms with van der Waals surface area (Å²) in [6.45, 7) is 5.27. The number of benzene rings is 2. The van der Waals surface area contributed by atoms with E-state index in [1.54, 1.807) is 0 Å². The summed E-state index contributed by atoms with van der Waals surface area (Å²) in [6.07, 6.45) is 0.674. The van der Waals surface area contributed by atoms with Gasteiger partial charge in [0.15, 0.2) is 0 Å². The maximum absolute atomic E-state index is 12.5. The Morgan fingerprint density at radius 3 is 2.67 bits per heavy atom. The number of hydrogen-bond acceptors (Lipinski definition) is 3. The van der Waals surface area contributed by atoms with Crippen LogP contribution < -0.4 is 16.2 Å². The lowest BCUT2D eigenvalue weighted by Crippen LogP contribution is -2.44. The molecular formula is C21H23BrN4O. The number of hydrazine groups is 1. The Kier molecular flexibility index (Phi) is 5.04. The predicted molar refractivity (Wildman–Crippen MR) is 111 cm³/mol. The zero-order valence-corrected chi connectivity index (χ0v) is 17.0. The Hall–Kier alpha value is -2.15. The summed E-state index contributed by atoms with van der Waals surface area (Å²) in [6, 6.07) is 16.0. The fourth-order valence-electron chi connectivity index (χ4n) is 3.96. The number of aromatic nitrogens is 1. The number of carbonyl (C=O) groups excluding carboxylic acids is 1. The summed E-state index contributed by atoms with van der Waals surface area (Å²) in [5.74, 6) is -0.0739. The number of para-hydroxylation sites is 1. The molecule has 0 radical (unpaired) electrons. The minimum atomic E-state index is -0.117. The standard InChI is InChI=1S/C21H23BrN4O/c1-3-26-18-7-5-4-6-16(18)13(2)20(26)17-12-19(25-24-17)23-21(27)14-8-10-15(22)11-9-14/h4-11,17,19,24-25H,3,12H2,1-2H3,(H,23,27).